The van der Waals surface area contributed by atoms with Gasteiger partial charge in [-0.3, -0.25) is 8.89 Å². The molecule has 0 saturated carbocycles. The summed E-state index contributed by atoms with van der Waals surface area (Å²) in [5.41, 5.74) is 2.26. The van der Waals surface area contributed by atoms with Gasteiger partial charge in [-0.25, -0.2) is 0 Å². The lowest BCUT2D eigenvalue weighted by Gasteiger charge is -2.09. The molecule has 0 aliphatic rings. The number of nitrogens with one attached hydrogen (secondary N) is 1. The summed E-state index contributed by atoms with van der Waals surface area (Å²) >= 11 is 3.59. The van der Waals surface area contributed by atoms with Crippen LogP contribution in [0.2, 0.25) is 0 Å². The lowest BCUT2D eigenvalue weighted by molar-refractivity contribution is 0.597. The van der Waals surface area contributed by atoms with Gasteiger partial charge in [0, 0.05) is 35.9 Å². The first-order chi connectivity index (χ1) is 8.47. The van der Waals surface area contributed by atoms with E-state index in [4.69, 9.17) is 0 Å². The molecule has 0 radical (unpaired) electrons. The Balaban J connectivity index is 2.45. The van der Waals surface area contributed by atoms with Gasteiger partial charge in [-0.1, -0.05) is 13.8 Å². The first-order valence-corrected chi connectivity index (χ1v) is 8.62. The normalized spacial score (nSPS) is 14.7. The maximum Gasteiger partial charge on any atom is 0.0767 e. The molecular formula is C12H22BrN3OS. The van der Waals surface area contributed by atoms with Crippen LogP contribution < -0.4 is 5.32 Å². The molecule has 1 N–H and O–H groups in total. The van der Waals surface area contributed by atoms with Crippen molar-refractivity contribution >= 4 is 26.7 Å². The highest BCUT2D eigenvalue weighted by Crippen LogP contribution is 2.21. The molecule has 4 nitrogen and oxygen atoms in total. The topological polar surface area (TPSA) is 46.9 Å². The zero-order chi connectivity index (χ0) is 13.7. The van der Waals surface area contributed by atoms with Gasteiger partial charge in [-0.05, 0) is 35.3 Å². The first kappa shape index (κ1) is 15.9. The third-order valence-electron chi connectivity index (χ3n) is 3.09. The Labute approximate surface area is 120 Å². The average molecular weight is 336 g/mol. The predicted molar refractivity (Wildman–Crippen MR) is 80.1 cm³/mol. The summed E-state index contributed by atoms with van der Waals surface area (Å²) in [6, 6.07) is 0. The fraction of sp³-hybridized carbons (Fsp3) is 0.750. The average Bonchev–Trinajstić information content (AvgIpc) is 2.60. The van der Waals surface area contributed by atoms with E-state index < -0.39 is 10.8 Å². The van der Waals surface area contributed by atoms with Crippen LogP contribution in [0.4, 0.5) is 0 Å². The molecule has 1 heterocycles. The number of halogens is 1. The van der Waals surface area contributed by atoms with Gasteiger partial charge in [0.1, 0.15) is 0 Å². The number of hydrogen-bond donors (Lipinski definition) is 1. The fourth-order valence-corrected chi connectivity index (χ4v) is 2.90. The quantitative estimate of drug-likeness (QED) is 0.775. The molecule has 1 aromatic heterocycles. The Kier molecular flexibility index (Phi) is 6.52. The molecule has 1 aromatic rings. The summed E-state index contributed by atoms with van der Waals surface area (Å²) in [5, 5.41) is 8.08. The standard InChI is InChI=1S/C12H22BrN3OS/c1-5-10-12(13)11(16(3)15-10)8-14-7-6-9(2)18(4)17/h9,14H,5-8H2,1-4H3. The molecule has 0 aliphatic carbocycles. The van der Waals surface area contributed by atoms with Crippen molar-refractivity contribution in [2.75, 3.05) is 12.8 Å². The molecule has 2 unspecified atom stereocenters. The minimum atomic E-state index is -0.731. The van der Waals surface area contributed by atoms with Gasteiger partial charge in [0.15, 0.2) is 0 Å². The first-order valence-electron chi connectivity index (χ1n) is 6.20. The molecule has 2 atom stereocenters. The number of aryl methyl sites for hydroxylation is 2. The minimum absolute atomic E-state index is 0.249. The number of hydrogen-bond acceptors (Lipinski definition) is 3. The summed E-state index contributed by atoms with van der Waals surface area (Å²) in [6.45, 7) is 5.78. The van der Waals surface area contributed by atoms with Crippen molar-refractivity contribution in [3.05, 3.63) is 15.9 Å². The Bertz CT molecular complexity index is 420. The van der Waals surface area contributed by atoms with Gasteiger partial charge < -0.3 is 5.32 Å². The van der Waals surface area contributed by atoms with Gasteiger partial charge in [-0.2, -0.15) is 5.10 Å². The van der Waals surface area contributed by atoms with Gasteiger partial charge in [0.25, 0.3) is 0 Å². The minimum Gasteiger partial charge on any atom is -0.311 e. The zero-order valence-electron chi connectivity index (χ0n) is 11.5. The molecule has 1 rings (SSSR count). The molecular weight excluding hydrogens is 314 g/mol. The highest BCUT2D eigenvalue weighted by molar-refractivity contribution is 9.10. The third kappa shape index (κ3) is 4.17. The van der Waals surface area contributed by atoms with Crippen molar-refractivity contribution < 1.29 is 4.21 Å². The van der Waals surface area contributed by atoms with Gasteiger partial charge >= 0.3 is 0 Å². The number of nitrogens with zero attached hydrogens (tertiary/aromatic N) is 2. The second-order valence-corrected chi connectivity index (χ2v) is 7.05. The molecule has 0 saturated heterocycles. The Hall–Kier alpha value is -0.200. The summed E-state index contributed by atoms with van der Waals surface area (Å²) < 4.78 is 14.2. The van der Waals surface area contributed by atoms with E-state index in [1.165, 1.54) is 0 Å². The van der Waals surface area contributed by atoms with Gasteiger partial charge in [0.05, 0.1) is 15.9 Å². The zero-order valence-corrected chi connectivity index (χ0v) is 13.9. The second kappa shape index (κ2) is 7.40. The SMILES string of the molecule is CCc1nn(C)c(CNCCC(C)S(C)=O)c1Br. The van der Waals surface area contributed by atoms with E-state index in [0.29, 0.717) is 0 Å². The van der Waals surface area contributed by atoms with E-state index in [2.05, 4.69) is 33.3 Å². The van der Waals surface area contributed by atoms with Crippen LogP contribution in [0.3, 0.4) is 0 Å². The Morgan fingerprint density at radius 1 is 1.56 bits per heavy atom. The molecule has 18 heavy (non-hydrogen) atoms. The smallest absolute Gasteiger partial charge is 0.0767 e. The molecule has 0 spiro atoms. The molecule has 0 amide bonds. The van der Waals surface area contributed by atoms with Crippen molar-refractivity contribution in [3.63, 3.8) is 0 Å². The Morgan fingerprint density at radius 2 is 2.22 bits per heavy atom. The summed E-state index contributed by atoms with van der Waals surface area (Å²) in [5.74, 6) is 0. The van der Waals surface area contributed by atoms with Gasteiger partial charge in [0.2, 0.25) is 0 Å². The molecule has 0 aromatic carbocycles. The summed E-state index contributed by atoms with van der Waals surface area (Å²) in [4.78, 5) is 0. The van der Waals surface area contributed by atoms with Crippen LogP contribution in [0.5, 0.6) is 0 Å². The van der Waals surface area contributed by atoms with Crippen LogP contribution in [0.25, 0.3) is 0 Å². The van der Waals surface area contributed by atoms with E-state index in [9.17, 15) is 4.21 Å². The Morgan fingerprint density at radius 3 is 2.72 bits per heavy atom. The molecule has 0 bridgehead atoms. The molecule has 104 valence electrons. The molecule has 0 fully saturated rings. The summed E-state index contributed by atoms with van der Waals surface area (Å²) in [7, 11) is 1.23. The lowest BCUT2D eigenvalue weighted by Crippen LogP contribution is -2.22. The predicted octanol–water partition coefficient (Wildman–Crippen LogP) is 1.99. The van der Waals surface area contributed by atoms with Crippen LogP contribution in [-0.2, 0) is 30.8 Å². The van der Waals surface area contributed by atoms with E-state index in [0.717, 1.165) is 41.8 Å². The second-order valence-electron chi connectivity index (χ2n) is 4.46. The highest BCUT2D eigenvalue weighted by Gasteiger charge is 2.12. The van der Waals surface area contributed by atoms with Gasteiger partial charge in [-0.15, -0.1) is 0 Å². The lowest BCUT2D eigenvalue weighted by atomic mass is 10.3. The molecule has 6 heteroatoms. The maximum atomic E-state index is 11.2. The maximum absolute atomic E-state index is 11.2. The van der Waals surface area contributed by atoms with Crippen molar-refractivity contribution in [1.29, 1.82) is 0 Å². The number of rotatable bonds is 7. The van der Waals surface area contributed by atoms with Crippen LogP contribution in [0, 0.1) is 0 Å². The van der Waals surface area contributed by atoms with E-state index in [1.807, 2.05) is 18.7 Å². The fourth-order valence-electron chi connectivity index (χ4n) is 1.69. The number of aromatic nitrogens is 2. The van der Waals surface area contributed by atoms with Crippen LogP contribution in [0.15, 0.2) is 4.47 Å². The van der Waals surface area contributed by atoms with Crippen molar-refractivity contribution in [2.24, 2.45) is 7.05 Å². The molecule has 0 aliphatic heterocycles. The summed E-state index contributed by atoms with van der Waals surface area (Å²) in [6.07, 6.45) is 3.62. The van der Waals surface area contributed by atoms with Crippen molar-refractivity contribution in [3.8, 4) is 0 Å². The van der Waals surface area contributed by atoms with Crippen molar-refractivity contribution in [2.45, 2.75) is 38.5 Å². The largest absolute Gasteiger partial charge is 0.311 e. The van der Waals surface area contributed by atoms with E-state index in [1.54, 1.807) is 6.26 Å². The van der Waals surface area contributed by atoms with Crippen LogP contribution >= 0.6 is 15.9 Å². The monoisotopic (exact) mass is 335 g/mol. The third-order valence-corrected chi connectivity index (χ3v) is 5.37. The van der Waals surface area contributed by atoms with Crippen molar-refractivity contribution in [1.82, 2.24) is 15.1 Å². The van der Waals surface area contributed by atoms with Crippen LogP contribution in [-0.4, -0.2) is 32.0 Å². The van der Waals surface area contributed by atoms with E-state index >= 15 is 0 Å². The van der Waals surface area contributed by atoms with Crippen LogP contribution in [0.1, 0.15) is 31.7 Å². The van der Waals surface area contributed by atoms with E-state index in [-0.39, 0.29) is 5.25 Å². The highest BCUT2D eigenvalue weighted by atomic mass is 79.9.